The fraction of sp³-hybridized carbons (Fsp3) is 0. The molecule has 0 saturated carbocycles. The van der Waals surface area contributed by atoms with Gasteiger partial charge in [0.1, 0.15) is 0 Å². The molecule has 2 rings (SSSR count). The summed E-state index contributed by atoms with van der Waals surface area (Å²) in [5, 5.41) is 9.05. The molecule has 1 N–H and O–H groups in total. The lowest BCUT2D eigenvalue weighted by Crippen LogP contribution is -2.01. The van der Waals surface area contributed by atoms with Crippen molar-refractivity contribution >= 4 is 29.2 Å². The fourth-order valence-electron chi connectivity index (χ4n) is 1.62. The van der Waals surface area contributed by atoms with Crippen LogP contribution in [0.25, 0.3) is 11.1 Å². The number of halogens is 4. The maximum absolute atomic E-state index is 13.8. The van der Waals surface area contributed by atoms with Gasteiger partial charge in [-0.15, -0.1) is 0 Å². The van der Waals surface area contributed by atoms with E-state index in [1.54, 1.807) is 0 Å². The summed E-state index contributed by atoms with van der Waals surface area (Å²) in [6.07, 6.45) is 0. The van der Waals surface area contributed by atoms with E-state index < -0.39 is 17.6 Å². The standard InChI is InChI=1S/C13H6Cl2F2O2/c14-9-3-1-2-7(11(9)15)8-4-6(13(18)19)5-10(16)12(8)17/h1-5H,(H,18,19). The van der Waals surface area contributed by atoms with Crippen LogP contribution in [0.1, 0.15) is 10.4 Å². The third kappa shape index (κ3) is 2.55. The summed E-state index contributed by atoms with van der Waals surface area (Å²) < 4.78 is 27.2. The molecule has 0 aliphatic carbocycles. The van der Waals surface area contributed by atoms with Gasteiger partial charge in [-0.05, 0) is 18.2 Å². The van der Waals surface area contributed by atoms with Gasteiger partial charge < -0.3 is 5.11 Å². The average Bonchev–Trinajstić information content (AvgIpc) is 2.36. The Morgan fingerprint density at radius 3 is 2.42 bits per heavy atom. The molecule has 19 heavy (non-hydrogen) atoms. The zero-order valence-electron chi connectivity index (χ0n) is 9.25. The van der Waals surface area contributed by atoms with E-state index in [0.29, 0.717) is 6.07 Å². The van der Waals surface area contributed by atoms with Crippen LogP contribution in [0.3, 0.4) is 0 Å². The average molecular weight is 303 g/mol. The number of carbonyl (C=O) groups is 1. The first-order valence-corrected chi connectivity index (χ1v) is 5.84. The van der Waals surface area contributed by atoms with Crippen LogP contribution in [0.15, 0.2) is 30.3 Å². The predicted octanol–water partition coefficient (Wildman–Crippen LogP) is 4.64. The molecule has 0 amide bonds. The van der Waals surface area contributed by atoms with Gasteiger partial charge in [0.05, 0.1) is 15.6 Å². The van der Waals surface area contributed by atoms with E-state index in [9.17, 15) is 13.6 Å². The maximum Gasteiger partial charge on any atom is 0.335 e. The van der Waals surface area contributed by atoms with Gasteiger partial charge in [-0.2, -0.15) is 0 Å². The molecular formula is C13H6Cl2F2O2. The van der Waals surface area contributed by atoms with Gasteiger partial charge in [-0.25, -0.2) is 13.6 Å². The normalized spacial score (nSPS) is 10.5. The van der Waals surface area contributed by atoms with Crippen molar-refractivity contribution in [1.29, 1.82) is 0 Å². The molecule has 0 heterocycles. The minimum atomic E-state index is -1.36. The highest BCUT2D eigenvalue weighted by Gasteiger charge is 2.18. The number of hydrogen-bond acceptors (Lipinski definition) is 1. The van der Waals surface area contributed by atoms with Gasteiger partial charge in [0.2, 0.25) is 0 Å². The highest BCUT2D eigenvalue weighted by molar-refractivity contribution is 6.43. The molecule has 0 saturated heterocycles. The molecule has 0 fully saturated rings. The third-order valence-corrected chi connectivity index (χ3v) is 3.34. The Labute approximate surface area is 117 Å². The molecular weight excluding hydrogens is 297 g/mol. The lowest BCUT2D eigenvalue weighted by atomic mass is 10.0. The summed E-state index contributed by atoms with van der Waals surface area (Å²) in [6.45, 7) is 0. The van der Waals surface area contributed by atoms with Gasteiger partial charge in [-0.1, -0.05) is 35.3 Å². The van der Waals surface area contributed by atoms with E-state index in [1.165, 1.54) is 18.2 Å². The number of benzene rings is 2. The summed E-state index contributed by atoms with van der Waals surface area (Å²) in [6, 6.07) is 6.05. The van der Waals surface area contributed by atoms with Crippen molar-refractivity contribution in [1.82, 2.24) is 0 Å². The van der Waals surface area contributed by atoms with Crippen molar-refractivity contribution in [2.75, 3.05) is 0 Å². The van der Waals surface area contributed by atoms with Crippen LogP contribution in [-0.4, -0.2) is 11.1 Å². The van der Waals surface area contributed by atoms with Crippen molar-refractivity contribution in [3.8, 4) is 11.1 Å². The largest absolute Gasteiger partial charge is 0.478 e. The topological polar surface area (TPSA) is 37.3 Å². The van der Waals surface area contributed by atoms with Gasteiger partial charge in [0, 0.05) is 11.1 Å². The van der Waals surface area contributed by atoms with Gasteiger partial charge in [-0.3, -0.25) is 0 Å². The van der Waals surface area contributed by atoms with Crippen molar-refractivity contribution in [3.05, 3.63) is 57.6 Å². The van der Waals surface area contributed by atoms with Crippen molar-refractivity contribution in [3.63, 3.8) is 0 Å². The smallest absolute Gasteiger partial charge is 0.335 e. The summed E-state index contributed by atoms with van der Waals surface area (Å²) in [5.41, 5.74) is -0.483. The van der Waals surface area contributed by atoms with Gasteiger partial charge >= 0.3 is 5.97 Å². The fourth-order valence-corrected chi connectivity index (χ4v) is 2.02. The van der Waals surface area contributed by atoms with Crippen molar-refractivity contribution in [2.45, 2.75) is 0 Å². The molecule has 6 heteroatoms. The van der Waals surface area contributed by atoms with Crippen LogP contribution >= 0.6 is 23.2 Å². The second kappa shape index (κ2) is 5.15. The first-order valence-electron chi connectivity index (χ1n) is 5.08. The van der Waals surface area contributed by atoms with Crippen LogP contribution in [0.4, 0.5) is 8.78 Å². The highest BCUT2D eigenvalue weighted by atomic mass is 35.5. The summed E-state index contributed by atoms with van der Waals surface area (Å²) in [5.74, 6) is -3.79. The summed E-state index contributed by atoms with van der Waals surface area (Å²) in [4.78, 5) is 10.9. The molecule has 0 aliphatic heterocycles. The predicted molar refractivity (Wildman–Crippen MR) is 68.8 cm³/mol. The van der Waals surface area contributed by atoms with Crippen LogP contribution in [0.5, 0.6) is 0 Å². The van der Waals surface area contributed by atoms with E-state index in [0.717, 1.165) is 6.07 Å². The number of carboxylic acids is 1. The molecule has 2 nitrogen and oxygen atoms in total. The van der Waals surface area contributed by atoms with Crippen molar-refractivity contribution < 1.29 is 18.7 Å². The van der Waals surface area contributed by atoms with E-state index in [2.05, 4.69) is 0 Å². The van der Waals surface area contributed by atoms with E-state index in [4.69, 9.17) is 28.3 Å². The lowest BCUT2D eigenvalue weighted by molar-refractivity contribution is 0.0696. The van der Waals surface area contributed by atoms with Crippen molar-refractivity contribution in [2.24, 2.45) is 0 Å². The Morgan fingerprint density at radius 2 is 1.79 bits per heavy atom. The molecule has 98 valence electrons. The molecule has 0 bridgehead atoms. The van der Waals surface area contributed by atoms with E-state index >= 15 is 0 Å². The van der Waals surface area contributed by atoms with E-state index in [1.807, 2.05) is 0 Å². The first kappa shape index (κ1) is 13.8. The van der Waals surface area contributed by atoms with Crippen LogP contribution < -0.4 is 0 Å². The first-order chi connectivity index (χ1) is 8.91. The Hall–Kier alpha value is -1.65. The van der Waals surface area contributed by atoms with Crippen LogP contribution in [-0.2, 0) is 0 Å². The Morgan fingerprint density at radius 1 is 1.11 bits per heavy atom. The zero-order chi connectivity index (χ0) is 14.2. The SMILES string of the molecule is O=C(O)c1cc(F)c(F)c(-c2cccc(Cl)c2Cl)c1. The molecule has 0 aromatic heterocycles. The molecule has 2 aromatic rings. The highest BCUT2D eigenvalue weighted by Crippen LogP contribution is 2.35. The number of hydrogen-bond donors (Lipinski definition) is 1. The molecule has 0 unspecified atom stereocenters. The molecule has 0 atom stereocenters. The lowest BCUT2D eigenvalue weighted by Gasteiger charge is -2.09. The second-order valence-electron chi connectivity index (χ2n) is 3.73. The van der Waals surface area contributed by atoms with Crippen LogP contribution in [0.2, 0.25) is 10.0 Å². The Bertz CT molecular complexity index is 672. The van der Waals surface area contributed by atoms with E-state index in [-0.39, 0.29) is 26.7 Å². The maximum atomic E-state index is 13.8. The number of rotatable bonds is 2. The summed E-state index contributed by atoms with van der Waals surface area (Å²) in [7, 11) is 0. The van der Waals surface area contributed by atoms with Crippen LogP contribution in [0, 0.1) is 11.6 Å². The Kier molecular flexibility index (Phi) is 3.73. The zero-order valence-corrected chi connectivity index (χ0v) is 10.8. The summed E-state index contributed by atoms with van der Waals surface area (Å²) >= 11 is 11.7. The van der Waals surface area contributed by atoms with Gasteiger partial charge in [0.25, 0.3) is 0 Å². The van der Waals surface area contributed by atoms with Gasteiger partial charge in [0.15, 0.2) is 11.6 Å². The molecule has 0 radical (unpaired) electrons. The minimum absolute atomic E-state index is 0.0324. The number of aromatic carboxylic acids is 1. The monoisotopic (exact) mass is 302 g/mol. The third-order valence-electron chi connectivity index (χ3n) is 2.52. The molecule has 0 aliphatic rings. The quantitative estimate of drug-likeness (QED) is 0.877. The molecule has 2 aromatic carbocycles. The Balaban J connectivity index is 2.74. The second-order valence-corrected chi connectivity index (χ2v) is 4.51. The molecule has 0 spiro atoms. The minimum Gasteiger partial charge on any atom is -0.478 e. The number of carboxylic acid groups (broad SMARTS) is 1.